The summed E-state index contributed by atoms with van der Waals surface area (Å²) in [5.74, 6) is 0.807. The predicted molar refractivity (Wildman–Crippen MR) is 83.3 cm³/mol. The van der Waals surface area contributed by atoms with Crippen LogP contribution < -0.4 is 10.1 Å². The van der Waals surface area contributed by atoms with E-state index in [0.717, 1.165) is 43.5 Å². The third-order valence-corrected chi connectivity index (χ3v) is 7.29. The van der Waals surface area contributed by atoms with Gasteiger partial charge in [0.25, 0.3) is 0 Å². The van der Waals surface area contributed by atoms with Gasteiger partial charge in [0.15, 0.2) is 9.84 Å². The number of benzene rings is 1. The number of sulfone groups is 1. The average molecular weight is 309 g/mol. The molecule has 21 heavy (non-hydrogen) atoms. The Kier molecular flexibility index (Phi) is 4.22. The minimum atomic E-state index is -3.16. The monoisotopic (exact) mass is 309 g/mol. The zero-order valence-corrected chi connectivity index (χ0v) is 13.2. The molecule has 0 saturated heterocycles. The molecule has 1 aliphatic carbocycles. The van der Waals surface area contributed by atoms with Crippen molar-refractivity contribution in [2.75, 3.05) is 13.2 Å². The molecule has 1 heterocycles. The van der Waals surface area contributed by atoms with Crippen LogP contribution in [0.4, 0.5) is 0 Å². The van der Waals surface area contributed by atoms with Crippen LogP contribution in [-0.2, 0) is 9.84 Å². The largest absolute Gasteiger partial charge is 0.492 e. The first-order valence-electron chi connectivity index (χ1n) is 7.82. The molecule has 0 spiro atoms. The van der Waals surface area contributed by atoms with Gasteiger partial charge in [0, 0.05) is 5.56 Å². The van der Waals surface area contributed by atoms with Crippen molar-refractivity contribution in [2.45, 2.75) is 49.1 Å². The van der Waals surface area contributed by atoms with E-state index in [0.29, 0.717) is 0 Å². The number of fused-ring (bicyclic) bond motifs is 1. The standard InChI is InChI=1S/C16H23NO3S/c1-2-17-16-13-9-5-6-10-14(13)20-11-15(16)21(18,19)12-7-3-4-8-12/h5-6,9-10,12,15-17H,2-4,7-8,11H2,1H3. The molecule has 1 aliphatic heterocycles. The molecule has 1 aromatic carbocycles. The first kappa shape index (κ1) is 14.9. The van der Waals surface area contributed by atoms with E-state index in [4.69, 9.17) is 4.74 Å². The van der Waals surface area contributed by atoms with E-state index in [2.05, 4.69) is 5.32 Å². The maximum atomic E-state index is 13.0. The third-order valence-electron chi connectivity index (χ3n) is 4.64. The number of rotatable bonds is 4. The summed E-state index contributed by atoms with van der Waals surface area (Å²) in [6, 6.07) is 7.59. The van der Waals surface area contributed by atoms with Gasteiger partial charge < -0.3 is 10.1 Å². The zero-order valence-electron chi connectivity index (χ0n) is 12.4. The lowest BCUT2D eigenvalue weighted by atomic mass is 10.0. The van der Waals surface area contributed by atoms with Crippen LogP contribution >= 0.6 is 0 Å². The van der Waals surface area contributed by atoms with E-state index in [1.54, 1.807) is 0 Å². The Bertz CT molecular complexity index is 593. The summed E-state index contributed by atoms with van der Waals surface area (Å²) in [4.78, 5) is 0. The molecule has 0 aromatic heterocycles. The maximum absolute atomic E-state index is 13.0. The molecule has 1 saturated carbocycles. The molecule has 3 rings (SSSR count). The summed E-state index contributed by atoms with van der Waals surface area (Å²) in [5, 5.41) is 2.70. The van der Waals surface area contributed by atoms with Gasteiger partial charge in [-0.3, -0.25) is 0 Å². The van der Waals surface area contributed by atoms with Crippen molar-refractivity contribution >= 4 is 9.84 Å². The predicted octanol–water partition coefficient (Wildman–Crippen LogP) is 2.46. The SMILES string of the molecule is CCNC1c2ccccc2OCC1S(=O)(=O)C1CCCC1. The summed E-state index contributed by atoms with van der Waals surface area (Å²) < 4.78 is 31.7. The number of ether oxygens (including phenoxy) is 1. The Hall–Kier alpha value is -1.07. The molecular weight excluding hydrogens is 286 g/mol. The van der Waals surface area contributed by atoms with Gasteiger partial charge in [-0.15, -0.1) is 0 Å². The van der Waals surface area contributed by atoms with E-state index in [-0.39, 0.29) is 17.9 Å². The van der Waals surface area contributed by atoms with Crippen molar-refractivity contribution in [1.82, 2.24) is 5.32 Å². The normalized spacial score (nSPS) is 26.3. The second-order valence-corrected chi connectivity index (χ2v) is 8.37. The summed E-state index contributed by atoms with van der Waals surface area (Å²) in [6.45, 7) is 3.01. The van der Waals surface area contributed by atoms with Crippen LogP contribution in [0.5, 0.6) is 5.75 Å². The first-order chi connectivity index (χ1) is 10.1. The van der Waals surface area contributed by atoms with E-state index in [1.165, 1.54) is 0 Å². The fraction of sp³-hybridized carbons (Fsp3) is 0.625. The van der Waals surface area contributed by atoms with E-state index in [9.17, 15) is 8.42 Å². The molecule has 0 bridgehead atoms. The van der Waals surface area contributed by atoms with Crippen molar-refractivity contribution in [1.29, 1.82) is 0 Å². The molecule has 2 unspecified atom stereocenters. The Balaban J connectivity index is 1.95. The number of hydrogen-bond acceptors (Lipinski definition) is 4. The highest BCUT2D eigenvalue weighted by atomic mass is 32.2. The summed E-state index contributed by atoms with van der Waals surface area (Å²) in [6.07, 6.45) is 3.67. The minimum absolute atomic E-state index is 0.162. The van der Waals surface area contributed by atoms with E-state index < -0.39 is 15.1 Å². The van der Waals surface area contributed by atoms with Gasteiger partial charge in [0.2, 0.25) is 0 Å². The molecule has 1 fully saturated rings. The van der Waals surface area contributed by atoms with Crippen LogP contribution in [0.3, 0.4) is 0 Å². The lowest BCUT2D eigenvalue weighted by Crippen LogP contribution is -2.47. The fourth-order valence-corrected chi connectivity index (χ4v) is 5.91. The molecule has 2 aliphatic rings. The lowest BCUT2D eigenvalue weighted by molar-refractivity contribution is 0.255. The molecule has 1 N–H and O–H groups in total. The molecule has 116 valence electrons. The Morgan fingerprint density at radius 2 is 1.95 bits per heavy atom. The highest BCUT2D eigenvalue weighted by Gasteiger charge is 2.43. The van der Waals surface area contributed by atoms with Gasteiger partial charge in [-0.05, 0) is 25.5 Å². The third kappa shape index (κ3) is 2.69. The minimum Gasteiger partial charge on any atom is -0.492 e. The van der Waals surface area contributed by atoms with Gasteiger partial charge in [0.1, 0.15) is 17.6 Å². The van der Waals surface area contributed by atoms with Crippen molar-refractivity contribution < 1.29 is 13.2 Å². The van der Waals surface area contributed by atoms with Gasteiger partial charge in [-0.2, -0.15) is 0 Å². The Morgan fingerprint density at radius 3 is 2.67 bits per heavy atom. The zero-order chi connectivity index (χ0) is 14.9. The van der Waals surface area contributed by atoms with E-state index >= 15 is 0 Å². The summed E-state index contributed by atoms with van der Waals surface area (Å²) in [5.41, 5.74) is 0.970. The van der Waals surface area contributed by atoms with Crippen LogP contribution in [0.2, 0.25) is 0 Å². The smallest absolute Gasteiger partial charge is 0.161 e. The van der Waals surface area contributed by atoms with Gasteiger partial charge >= 0.3 is 0 Å². The Labute approximate surface area is 126 Å². The molecular formula is C16H23NO3S. The van der Waals surface area contributed by atoms with Gasteiger partial charge in [0.05, 0.1) is 11.3 Å². The van der Waals surface area contributed by atoms with Crippen LogP contribution in [-0.4, -0.2) is 32.1 Å². The lowest BCUT2D eigenvalue weighted by Gasteiger charge is -2.35. The summed E-state index contributed by atoms with van der Waals surface area (Å²) >= 11 is 0. The van der Waals surface area contributed by atoms with Crippen molar-refractivity contribution in [3.8, 4) is 5.75 Å². The van der Waals surface area contributed by atoms with Crippen LogP contribution in [0.1, 0.15) is 44.2 Å². The van der Waals surface area contributed by atoms with Crippen LogP contribution in [0.25, 0.3) is 0 Å². The second-order valence-electron chi connectivity index (χ2n) is 5.92. The maximum Gasteiger partial charge on any atom is 0.161 e. The number of para-hydroxylation sites is 1. The summed E-state index contributed by atoms with van der Waals surface area (Å²) in [7, 11) is -3.16. The Morgan fingerprint density at radius 1 is 1.24 bits per heavy atom. The molecule has 4 nitrogen and oxygen atoms in total. The van der Waals surface area contributed by atoms with Crippen LogP contribution in [0, 0.1) is 0 Å². The molecule has 0 amide bonds. The van der Waals surface area contributed by atoms with Crippen molar-refractivity contribution in [2.24, 2.45) is 0 Å². The molecule has 5 heteroatoms. The highest BCUT2D eigenvalue weighted by Crippen LogP contribution is 2.38. The topological polar surface area (TPSA) is 55.4 Å². The fourth-order valence-electron chi connectivity index (χ4n) is 3.55. The van der Waals surface area contributed by atoms with Crippen molar-refractivity contribution in [3.05, 3.63) is 29.8 Å². The molecule has 1 aromatic rings. The highest BCUT2D eigenvalue weighted by molar-refractivity contribution is 7.92. The average Bonchev–Trinajstić information content (AvgIpc) is 3.02. The second kappa shape index (κ2) is 5.97. The molecule has 2 atom stereocenters. The molecule has 0 radical (unpaired) electrons. The number of nitrogens with one attached hydrogen (secondary N) is 1. The van der Waals surface area contributed by atoms with Crippen LogP contribution in [0.15, 0.2) is 24.3 Å². The van der Waals surface area contributed by atoms with Gasteiger partial charge in [-0.1, -0.05) is 38.0 Å². The number of hydrogen-bond donors (Lipinski definition) is 1. The quantitative estimate of drug-likeness (QED) is 0.928. The van der Waals surface area contributed by atoms with Gasteiger partial charge in [-0.25, -0.2) is 8.42 Å². The first-order valence-corrected chi connectivity index (χ1v) is 9.43. The van der Waals surface area contributed by atoms with Crippen molar-refractivity contribution in [3.63, 3.8) is 0 Å². The van der Waals surface area contributed by atoms with E-state index in [1.807, 2.05) is 31.2 Å².